The highest BCUT2D eigenvalue weighted by atomic mass is 19.1. The number of unbranched alkanes of at least 4 members (excludes halogenated alkanes) is 1. The van der Waals surface area contributed by atoms with Gasteiger partial charge in [0.15, 0.2) is 0 Å². The summed E-state index contributed by atoms with van der Waals surface area (Å²) in [6, 6.07) is 11.8. The van der Waals surface area contributed by atoms with Crippen molar-refractivity contribution >= 4 is 11.8 Å². The van der Waals surface area contributed by atoms with Crippen LogP contribution in [0.1, 0.15) is 37.4 Å². The standard InChI is InChI=1S/C22H26FN3O2/c1-2-3-12-25(14-17-7-9-19(23)10-8-17)22(28)18-13-21(27)26(15-18)16-20-6-4-5-11-24-20/h4-11,18H,2-3,12-16H2,1H3/t18-/m1/s1. The zero-order valence-corrected chi connectivity index (χ0v) is 16.2. The first-order valence-corrected chi connectivity index (χ1v) is 9.77. The Morgan fingerprint density at radius 2 is 2.04 bits per heavy atom. The topological polar surface area (TPSA) is 53.5 Å². The fourth-order valence-electron chi connectivity index (χ4n) is 3.46. The molecule has 1 aliphatic heterocycles. The molecule has 1 atom stereocenters. The van der Waals surface area contributed by atoms with Gasteiger partial charge in [-0.3, -0.25) is 14.6 Å². The maximum Gasteiger partial charge on any atom is 0.228 e. The second kappa shape index (κ2) is 9.44. The van der Waals surface area contributed by atoms with E-state index >= 15 is 0 Å². The second-order valence-electron chi connectivity index (χ2n) is 7.24. The largest absolute Gasteiger partial charge is 0.338 e. The number of hydrogen-bond donors (Lipinski definition) is 0. The molecular formula is C22H26FN3O2. The average molecular weight is 383 g/mol. The molecular weight excluding hydrogens is 357 g/mol. The van der Waals surface area contributed by atoms with Crippen molar-refractivity contribution in [3.05, 3.63) is 65.7 Å². The molecule has 3 rings (SSSR count). The van der Waals surface area contributed by atoms with Gasteiger partial charge in [-0.25, -0.2) is 4.39 Å². The zero-order chi connectivity index (χ0) is 19.9. The summed E-state index contributed by atoms with van der Waals surface area (Å²) in [5, 5.41) is 0. The first-order chi connectivity index (χ1) is 13.6. The van der Waals surface area contributed by atoms with Gasteiger partial charge in [-0.1, -0.05) is 31.5 Å². The number of nitrogens with zero attached hydrogens (tertiary/aromatic N) is 3. The molecule has 0 bridgehead atoms. The average Bonchev–Trinajstić information content (AvgIpc) is 3.07. The molecule has 1 fully saturated rings. The molecule has 0 aliphatic carbocycles. The number of rotatable bonds is 8. The highest BCUT2D eigenvalue weighted by Crippen LogP contribution is 2.23. The van der Waals surface area contributed by atoms with E-state index in [1.165, 1.54) is 12.1 Å². The minimum atomic E-state index is -0.339. The van der Waals surface area contributed by atoms with Gasteiger partial charge in [-0.2, -0.15) is 0 Å². The Labute approximate surface area is 165 Å². The number of carbonyl (C=O) groups excluding carboxylic acids is 2. The van der Waals surface area contributed by atoms with Gasteiger partial charge in [0.25, 0.3) is 0 Å². The lowest BCUT2D eigenvalue weighted by atomic mass is 10.1. The number of pyridine rings is 1. The molecule has 2 aromatic rings. The van der Waals surface area contributed by atoms with E-state index in [1.54, 1.807) is 28.1 Å². The summed E-state index contributed by atoms with van der Waals surface area (Å²) < 4.78 is 13.2. The molecule has 148 valence electrons. The predicted octanol–water partition coefficient (Wildman–Crippen LogP) is 3.40. The molecule has 2 heterocycles. The molecule has 6 heteroatoms. The molecule has 1 aromatic heterocycles. The molecule has 0 unspecified atom stereocenters. The third kappa shape index (κ3) is 5.15. The number of halogens is 1. The summed E-state index contributed by atoms with van der Waals surface area (Å²) in [4.78, 5) is 33.3. The molecule has 2 amide bonds. The maximum absolute atomic E-state index is 13.2. The summed E-state index contributed by atoms with van der Waals surface area (Å²) in [7, 11) is 0. The van der Waals surface area contributed by atoms with E-state index < -0.39 is 0 Å². The quantitative estimate of drug-likeness (QED) is 0.702. The Bertz CT molecular complexity index is 795. The fraction of sp³-hybridized carbons (Fsp3) is 0.409. The molecule has 28 heavy (non-hydrogen) atoms. The lowest BCUT2D eigenvalue weighted by Gasteiger charge is -2.26. The van der Waals surface area contributed by atoms with Crippen molar-refractivity contribution in [3.8, 4) is 0 Å². The summed E-state index contributed by atoms with van der Waals surface area (Å²) in [5.41, 5.74) is 1.71. The van der Waals surface area contributed by atoms with E-state index in [-0.39, 0.29) is 30.0 Å². The number of amides is 2. The number of hydrogen-bond acceptors (Lipinski definition) is 3. The molecule has 1 aromatic carbocycles. The van der Waals surface area contributed by atoms with E-state index in [2.05, 4.69) is 11.9 Å². The first-order valence-electron chi connectivity index (χ1n) is 9.77. The van der Waals surface area contributed by atoms with Crippen LogP contribution in [0.3, 0.4) is 0 Å². The zero-order valence-electron chi connectivity index (χ0n) is 16.2. The van der Waals surface area contributed by atoms with Crippen molar-refractivity contribution in [1.29, 1.82) is 0 Å². The Balaban J connectivity index is 1.66. The van der Waals surface area contributed by atoms with E-state index in [0.717, 1.165) is 24.1 Å². The Kier molecular flexibility index (Phi) is 6.74. The molecule has 0 saturated carbocycles. The smallest absolute Gasteiger partial charge is 0.228 e. The highest BCUT2D eigenvalue weighted by molar-refractivity contribution is 5.89. The van der Waals surface area contributed by atoms with Crippen LogP contribution in [0.15, 0.2) is 48.7 Å². The number of benzene rings is 1. The molecule has 0 spiro atoms. The van der Waals surface area contributed by atoms with Gasteiger partial charge < -0.3 is 9.80 Å². The Morgan fingerprint density at radius 1 is 1.25 bits per heavy atom. The lowest BCUT2D eigenvalue weighted by molar-refractivity contribution is -0.136. The second-order valence-corrected chi connectivity index (χ2v) is 7.24. The van der Waals surface area contributed by atoms with Gasteiger partial charge in [-0.05, 0) is 36.2 Å². The summed E-state index contributed by atoms with van der Waals surface area (Å²) in [5.74, 6) is -0.647. The first kappa shape index (κ1) is 20.0. The third-order valence-electron chi connectivity index (χ3n) is 5.02. The van der Waals surface area contributed by atoms with Gasteiger partial charge in [-0.15, -0.1) is 0 Å². The van der Waals surface area contributed by atoms with Crippen molar-refractivity contribution in [1.82, 2.24) is 14.8 Å². The number of likely N-dealkylation sites (tertiary alicyclic amines) is 1. The van der Waals surface area contributed by atoms with Crippen LogP contribution in [0.25, 0.3) is 0 Å². The minimum absolute atomic E-state index is 0.00496. The lowest BCUT2D eigenvalue weighted by Crippen LogP contribution is -2.37. The number of aromatic nitrogens is 1. The van der Waals surface area contributed by atoms with E-state index in [0.29, 0.717) is 26.2 Å². The molecule has 0 radical (unpaired) electrons. The van der Waals surface area contributed by atoms with Crippen molar-refractivity contribution < 1.29 is 14.0 Å². The van der Waals surface area contributed by atoms with E-state index in [4.69, 9.17) is 0 Å². The summed E-state index contributed by atoms with van der Waals surface area (Å²) in [6.45, 7) is 3.99. The van der Waals surface area contributed by atoms with Crippen molar-refractivity contribution in [2.24, 2.45) is 5.92 Å². The van der Waals surface area contributed by atoms with Crippen LogP contribution in [0.5, 0.6) is 0 Å². The van der Waals surface area contributed by atoms with Gasteiger partial charge >= 0.3 is 0 Å². The Morgan fingerprint density at radius 3 is 2.71 bits per heavy atom. The molecule has 5 nitrogen and oxygen atoms in total. The normalized spacial score (nSPS) is 16.4. The van der Waals surface area contributed by atoms with Crippen LogP contribution < -0.4 is 0 Å². The predicted molar refractivity (Wildman–Crippen MR) is 104 cm³/mol. The van der Waals surface area contributed by atoms with Crippen LogP contribution in [0.4, 0.5) is 4.39 Å². The monoisotopic (exact) mass is 383 g/mol. The molecule has 1 saturated heterocycles. The Hall–Kier alpha value is -2.76. The van der Waals surface area contributed by atoms with Gasteiger partial charge in [0, 0.05) is 32.3 Å². The van der Waals surface area contributed by atoms with Crippen LogP contribution >= 0.6 is 0 Å². The van der Waals surface area contributed by atoms with Gasteiger partial charge in [0.2, 0.25) is 11.8 Å². The van der Waals surface area contributed by atoms with Crippen LogP contribution in [-0.4, -0.2) is 39.7 Å². The van der Waals surface area contributed by atoms with E-state index in [9.17, 15) is 14.0 Å². The molecule has 0 N–H and O–H groups in total. The van der Waals surface area contributed by atoms with E-state index in [1.807, 2.05) is 18.2 Å². The van der Waals surface area contributed by atoms with Gasteiger partial charge in [0.1, 0.15) is 5.82 Å². The highest BCUT2D eigenvalue weighted by Gasteiger charge is 2.36. The van der Waals surface area contributed by atoms with Crippen LogP contribution in [0.2, 0.25) is 0 Å². The van der Waals surface area contributed by atoms with Crippen molar-refractivity contribution in [2.75, 3.05) is 13.1 Å². The summed E-state index contributed by atoms with van der Waals surface area (Å²) >= 11 is 0. The third-order valence-corrected chi connectivity index (χ3v) is 5.02. The summed E-state index contributed by atoms with van der Waals surface area (Å²) in [6.07, 6.45) is 3.80. The maximum atomic E-state index is 13.2. The minimum Gasteiger partial charge on any atom is -0.338 e. The number of carbonyl (C=O) groups is 2. The SMILES string of the molecule is CCCCN(Cc1ccc(F)cc1)C(=O)[C@@H]1CC(=O)N(Cc2ccccn2)C1. The van der Waals surface area contributed by atoms with Crippen molar-refractivity contribution in [3.63, 3.8) is 0 Å². The molecule has 1 aliphatic rings. The van der Waals surface area contributed by atoms with Crippen LogP contribution in [0, 0.1) is 11.7 Å². The van der Waals surface area contributed by atoms with Crippen LogP contribution in [-0.2, 0) is 22.7 Å². The van der Waals surface area contributed by atoms with Gasteiger partial charge in [0.05, 0.1) is 18.2 Å². The van der Waals surface area contributed by atoms with Crippen molar-refractivity contribution in [2.45, 2.75) is 39.3 Å². The fourth-order valence-corrected chi connectivity index (χ4v) is 3.46.